The molecule has 1 amide bonds. The normalized spacial score (nSPS) is 16.2. The number of carboxylic acids is 1. The zero-order valence-electron chi connectivity index (χ0n) is 7.45. The van der Waals surface area contributed by atoms with Gasteiger partial charge in [-0.2, -0.15) is 0 Å². The fourth-order valence-electron chi connectivity index (χ4n) is 1.24. The minimum absolute atomic E-state index is 0.171. The molecule has 0 aromatic carbocycles. The van der Waals surface area contributed by atoms with E-state index in [9.17, 15) is 9.59 Å². The van der Waals surface area contributed by atoms with Gasteiger partial charge in [0.05, 0.1) is 6.10 Å². The van der Waals surface area contributed by atoms with Gasteiger partial charge in [-0.25, -0.2) is 9.42 Å². The van der Waals surface area contributed by atoms with Gasteiger partial charge in [-0.15, -0.1) is 0 Å². The van der Waals surface area contributed by atoms with Gasteiger partial charge >= 0.3 is 5.97 Å². The van der Waals surface area contributed by atoms with Crippen molar-refractivity contribution in [2.45, 2.75) is 6.10 Å². The van der Waals surface area contributed by atoms with Crippen LogP contribution in [-0.4, -0.2) is 56.5 Å². The molecule has 8 nitrogen and oxygen atoms in total. The molecule has 1 saturated heterocycles. The number of hydrogen-bond acceptors (Lipinski definition) is 6. The van der Waals surface area contributed by atoms with Gasteiger partial charge < -0.3 is 15.1 Å². The van der Waals surface area contributed by atoms with Crippen molar-refractivity contribution in [1.29, 1.82) is 0 Å². The van der Waals surface area contributed by atoms with Crippen LogP contribution >= 0.6 is 0 Å². The maximum Gasteiger partial charge on any atom is 0.360 e. The predicted octanol–water partition coefficient (Wildman–Crippen LogP) is -1.42. The van der Waals surface area contributed by atoms with Crippen LogP contribution in [0.1, 0.15) is 21.0 Å². The Morgan fingerprint density at radius 1 is 1.33 bits per heavy atom. The Hall–Kier alpha value is -1.96. The second-order valence-electron chi connectivity index (χ2n) is 3.13. The average Bonchev–Trinajstić information content (AvgIpc) is 2.60. The van der Waals surface area contributed by atoms with Gasteiger partial charge in [0.15, 0.2) is 0 Å². The molecule has 1 aliphatic rings. The number of carboxylic acid groups (broad SMARTS) is 1. The standard InChI is InChI=1S/C7H7N3O5/c11-3-1-10(2-3)6(12)4-5(7(13)14)9-15-8-4/h3,11H,1-2H2,(H,13,14). The van der Waals surface area contributed by atoms with Crippen LogP contribution < -0.4 is 0 Å². The van der Waals surface area contributed by atoms with Crippen LogP contribution in [0, 0.1) is 0 Å². The van der Waals surface area contributed by atoms with Crippen molar-refractivity contribution >= 4 is 11.9 Å². The van der Waals surface area contributed by atoms with Gasteiger partial charge in [-0.3, -0.25) is 4.79 Å². The number of β-amino-alcohol motifs (C(OH)–C–C–N with tert-alkyl or cyclic N) is 1. The summed E-state index contributed by atoms with van der Waals surface area (Å²) in [6, 6.07) is 0. The zero-order chi connectivity index (χ0) is 11.0. The topological polar surface area (TPSA) is 117 Å². The van der Waals surface area contributed by atoms with Crippen molar-refractivity contribution in [3.63, 3.8) is 0 Å². The Morgan fingerprint density at radius 2 is 1.93 bits per heavy atom. The third kappa shape index (κ3) is 1.54. The van der Waals surface area contributed by atoms with Gasteiger partial charge in [0.25, 0.3) is 5.91 Å². The molecule has 0 spiro atoms. The summed E-state index contributed by atoms with van der Waals surface area (Å²) in [5, 5.41) is 23.9. The summed E-state index contributed by atoms with van der Waals surface area (Å²) in [5.41, 5.74) is -0.851. The number of carbonyl (C=O) groups excluding carboxylic acids is 1. The number of rotatable bonds is 2. The maximum atomic E-state index is 11.5. The first-order valence-corrected chi connectivity index (χ1v) is 4.12. The van der Waals surface area contributed by atoms with Crippen LogP contribution in [0.15, 0.2) is 4.63 Å². The number of amides is 1. The summed E-state index contributed by atoms with van der Waals surface area (Å²) < 4.78 is 4.18. The molecule has 0 unspecified atom stereocenters. The highest BCUT2D eigenvalue weighted by atomic mass is 16.6. The highest BCUT2D eigenvalue weighted by molar-refractivity contribution is 6.02. The molecule has 1 fully saturated rings. The summed E-state index contributed by atoms with van der Waals surface area (Å²) >= 11 is 0. The molecule has 2 heterocycles. The second kappa shape index (κ2) is 3.31. The summed E-state index contributed by atoms with van der Waals surface area (Å²) in [5.74, 6) is -1.97. The largest absolute Gasteiger partial charge is 0.476 e. The zero-order valence-corrected chi connectivity index (χ0v) is 7.45. The van der Waals surface area contributed by atoms with Crippen LogP contribution in [0.25, 0.3) is 0 Å². The molecule has 1 aromatic heterocycles. The molecular formula is C7H7N3O5. The third-order valence-electron chi connectivity index (χ3n) is 2.04. The van der Waals surface area contributed by atoms with E-state index in [1.54, 1.807) is 0 Å². The van der Waals surface area contributed by atoms with Crippen molar-refractivity contribution < 1.29 is 24.4 Å². The number of aliphatic hydroxyl groups excluding tert-OH is 1. The van der Waals surface area contributed by atoms with Crippen molar-refractivity contribution in [3.8, 4) is 0 Å². The van der Waals surface area contributed by atoms with Gasteiger partial charge in [-0.1, -0.05) is 0 Å². The van der Waals surface area contributed by atoms with Crippen molar-refractivity contribution in [2.75, 3.05) is 13.1 Å². The van der Waals surface area contributed by atoms with Crippen molar-refractivity contribution in [1.82, 2.24) is 15.2 Å². The minimum atomic E-state index is -1.37. The summed E-state index contributed by atoms with van der Waals surface area (Å²) in [4.78, 5) is 23.4. The molecule has 0 radical (unpaired) electrons. The molecular weight excluding hydrogens is 206 g/mol. The SMILES string of the molecule is O=C(O)c1nonc1C(=O)N1CC(O)C1. The number of likely N-dealkylation sites (tertiary alicyclic amines) is 1. The minimum Gasteiger partial charge on any atom is -0.476 e. The smallest absolute Gasteiger partial charge is 0.360 e. The number of aromatic carboxylic acids is 1. The number of carbonyl (C=O) groups is 2. The first-order chi connectivity index (χ1) is 7.09. The van der Waals surface area contributed by atoms with E-state index in [4.69, 9.17) is 10.2 Å². The molecule has 0 atom stereocenters. The van der Waals surface area contributed by atoms with Gasteiger partial charge in [0.2, 0.25) is 11.4 Å². The molecule has 0 bridgehead atoms. The predicted molar refractivity (Wildman–Crippen MR) is 43.2 cm³/mol. The third-order valence-corrected chi connectivity index (χ3v) is 2.04. The molecule has 0 saturated carbocycles. The average molecular weight is 213 g/mol. The number of hydrogen-bond donors (Lipinski definition) is 2. The molecule has 1 aromatic rings. The van der Waals surface area contributed by atoms with Crippen molar-refractivity contribution in [3.05, 3.63) is 11.4 Å². The van der Waals surface area contributed by atoms with Gasteiger partial charge in [0, 0.05) is 13.1 Å². The Kier molecular flexibility index (Phi) is 2.12. The quantitative estimate of drug-likeness (QED) is 0.619. The Balaban J connectivity index is 2.19. The van der Waals surface area contributed by atoms with Gasteiger partial charge in [0.1, 0.15) is 0 Å². The second-order valence-corrected chi connectivity index (χ2v) is 3.13. The molecule has 2 rings (SSSR count). The Morgan fingerprint density at radius 3 is 2.47 bits per heavy atom. The summed E-state index contributed by atoms with van der Waals surface area (Å²) in [6.45, 7) is 0.343. The molecule has 15 heavy (non-hydrogen) atoms. The molecule has 80 valence electrons. The van der Waals surface area contributed by atoms with E-state index in [1.165, 1.54) is 4.90 Å². The fourth-order valence-corrected chi connectivity index (χ4v) is 1.24. The lowest BCUT2D eigenvalue weighted by Gasteiger charge is -2.35. The van der Waals surface area contributed by atoms with Gasteiger partial charge in [-0.05, 0) is 10.3 Å². The molecule has 0 aliphatic carbocycles. The lowest BCUT2D eigenvalue weighted by atomic mass is 10.1. The summed E-state index contributed by atoms with van der Waals surface area (Å²) in [6.07, 6.45) is -0.554. The monoisotopic (exact) mass is 213 g/mol. The van der Waals surface area contributed by atoms with Crippen LogP contribution in [0.4, 0.5) is 0 Å². The number of nitrogens with zero attached hydrogens (tertiary/aromatic N) is 3. The van der Waals surface area contributed by atoms with E-state index in [1.807, 2.05) is 0 Å². The Bertz CT molecular complexity index is 409. The highest BCUT2D eigenvalue weighted by Gasteiger charge is 2.34. The first kappa shape index (κ1) is 9.59. The van der Waals surface area contributed by atoms with Crippen LogP contribution in [0.3, 0.4) is 0 Å². The van der Waals surface area contributed by atoms with E-state index in [0.717, 1.165) is 0 Å². The molecule has 2 N–H and O–H groups in total. The van der Waals surface area contributed by atoms with E-state index < -0.39 is 23.7 Å². The highest BCUT2D eigenvalue weighted by Crippen LogP contribution is 2.13. The number of aromatic nitrogens is 2. The lowest BCUT2D eigenvalue weighted by Crippen LogP contribution is -2.53. The molecule has 8 heteroatoms. The van der Waals surface area contributed by atoms with Crippen LogP contribution in [0.5, 0.6) is 0 Å². The van der Waals surface area contributed by atoms with Crippen molar-refractivity contribution in [2.24, 2.45) is 0 Å². The van der Waals surface area contributed by atoms with Crippen LogP contribution in [0.2, 0.25) is 0 Å². The number of aliphatic hydroxyl groups is 1. The summed E-state index contributed by atoms with van der Waals surface area (Å²) in [7, 11) is 0. The molecule has 1 aliphatic heterocycles. The first-order valence-electron chi connectivity index (χ1n) is 4.12. The van der Waals surface area contributed by atoms with E-state index >= 15 is 0 Å². The van der Waals surface area contributed by atoms with Crippen LogP contribution in [-0.2, 0) is 0 Å². The maximum absolute atomic E-state index is 11.5. The fraction of sp³-hybridized carbons (Fsp3) is 0.429. The Labute approximate surface area is 83.1 Å². The lowest BCUT2D eigenvalue weighted by molar-refractivity contribution is 0.00511. The van der Waals surface area contributed by atoms with E-state index in [0.29, 0.717) is 0 Å². The van der Waals surface area contributed by atoms with E-state index in [-0.39, 0.29) is 18.8 Å². The van der Waals surface area contributed by atoms with E-state index in [2.05, 4.69) is 14.9 Å².